The second kappa shape index (κ2) is 6.15. The van der Waals surface area contributed by atoms with Crippen molar-refractivity contribution in [3.63, 3.8) is 0 Å². The lowest BCUT2D eigenvalue weighted by atomic mass is 9.97. The van der Waals surface area contributed by atoms with Crippen molar-refractivity contribution in [2.45, 2.75) is 64.6 Å². The molecule has 2 atom stereocenters. The zero-order valence-electron chi connectivity index (χ0n) is 11.0. The Morgan fingerprint density at radius 3 is 2.41 bits per heavy atom. The lowest BCUT2D eigenvalue weighted by molar-refractivity contribution is -0.149. The summed E-state index contributed by atoms with van der Waals surface area (Å²) in [6.45, 7) is 5.69. The zero-order valence-corrected chi connectivity index (χ0v) is 11.0. The van der Waals surface area contributed by atoms with Crippen LogP contribution in [0.15, 0.2) is 0 Å². The number of Topliss-reactive ketones (excluding diaryl/α,β-unsaturated/α-hetero) is 1. The molecule has 0 aromatic heterocycles. The van der Waals surface area contributed by atoms with Crippen LogP contribution in [0.2, 0.25) is 0 Å². The lowest BCUT2D eigenvalue weighted by Crippen LogP contribution is -2.29. The molecule has 0 saturated carbocycles. The van der Waals surface area contributed by atoms with Crippen LogP contribution in [-0.4, -0.2) is 30.1 Å². The minimum atomic E-state index is -0.688. The molecule has 0 N–H and O–H groups in total. The fourth-order valence-electron chi connectivity index (χ4n) is 2.05. The maximum atomic E-state index is 11.7. The van der Waals surface area contributed by atoms with Gasteiger partial charge in [-0.1, -0.05) is 6.42 Å². The first-order valence-corrected chi connectivity index (χ1v) is 6.37. The fraction of sp³-hybridized carbons (Fsp3) is 0.846. The van der Waals surface area contributed by atoms with Gasteiger partial charge in [-0.3, -0.25) is 0 Å². The van der Waals surface area contributed by atoms with E-state index in [-0.39, 0.29) is 17.9 Å². The molecule has 1 rings (SSSR count). The van der Waals surface area contributed by atoms with Crippen molar-refractivity contribution in [3.8, 4) is 0 Å². The molecule has 0 radical (unpaired) electrons. The number of unbranched alkanes of at least 4 members (excludes halogenated alkanes) is 2. The van der Waals surface area contributed by atoms with Crippen LogP contribution in [0, 0.1) is 0 Å². The summed E-state index contributed by atoms with van der Waals surface area (Å²) >= 11 is 0. The Kier molecular flexibility index (Phi) is 5.12. The maximum Gasteiger partial charge on any atom is 0.341 e. The van der Waals surface area contributed by atoms with Gasteiger partial charge in [-0.2, -0.15) is 0 Å². The van der Waals surface area contributed by atoms with Crippen molar-refractivity contribution in [1.82, 2.24) is 0 Å². The highest BCUT2D eigenvalue weighted by Crippen LogP contribution is 2.42. The number of ether oxygens (including phenoxy) is 2. The second-order valence-corrected chi connectivity index (χ2v) is 4.63. The van der Waals surface area contributed by atoms with Crippen LogP contribution in [0.1, 0.15) is 52.9 Å². The van der Waals surface area contributed by atoms with Crippen LogP contribution in [0.25, 0.3) is 0 Å². The Labute approximate surface area is 103 Å². The third-order valence-electron chi connectivity index (χ3n) is 3.18. The third-order valence-corrected chi connectivity index (χ3v) is 3.18. The van der Waals surface area contributed by atoms with Crippen LogP contribution < -0.4 is 0 Å². The molecular weight excluding hydrogens is 220 g/mol. The Morgan fingerprint density at radius 2 is 1.94 bits per heavy atom. The van der Waals surface area contributed by atoms with Crippen molar-refractivity contribution >= 4 is 11.8 Å². The highest BCUT2D eigenvalue weighted by molar-refractivity contribution is 5.83. The molecule has 1 aliphatic heterocycles. The van der Waals surface area contributed by atoms with Crippen molar-refractivity contribution in [2.24, 2.45) is 0 Å². The predicted octanol–water partition coefficient (Wildman–Crippen LogP) is 2.25. The smallest absolute Gasteiger partial charge is 0.341 e. The van der Waals surface area contributed by atoms with Gasteiger partial charge in [0.05, 0.1) is 12.7 Å². The molecular formula is C13H22O4. The predicted molar refractivity (Wildman–Crippen MR) is 63.7 cm³/mol. The minimum Gasteiger partial charge on any atom is -0.464 e. The quantitative estimate of drug-likeness (QED) is 0.372. The summed E-state index contributed by atoms with van der Waals surface area (Å²) < 4.78 is 10.4. The van der Waals surface area contributed by atoms with E-state index in [1.807, 2.05) is 6.92 Å². The maximum absolute atomic E-state index is 11.7. The Bertz CT molecular complexity index is 287. The van der Waals surface area contributed by atoms with Crippen molar-refractivity contribution in [3.05, 3.63) is 0 Å². The third kappa shape index (κ3) is 3.80. The van der Waals surface area contributed by atoms with Gasteiger partial charge in [-0.25, -0.2) is 4.79 Å². The van der Waals surface area contributed by atoms with Gasteiger partial charge in [-0.15, -0.1) is 0 Å². The van der Waals surface area contributed by atoms with Crippen LogP contribution in [-0.2, 0) is 19.1 Å². The normalized spacial score (nSPS) is 26.6. The molecule has 1 saturated heterocycles. The van der Waals surface area contributed by atoms with E-state index in [4.69, 9.17) is 9.47 Å². The number of hydrogen-bond acceptors (Lipinski definition) is 4. The number of carbonyl (C=O) groups excluding carboxylic acids is 2. The number of ketones is 1. The molecule has 0 aromatic carbocycles. The molecule has 2 unspecified atom stereocenters. The summed E-state index contributed by atoms with van der Waals surface area (Å²) in [5.74, 6) is -0.0137. The first kappa shape index (κ1) is 14.2. The molecule has 4 nitrogen and oxygen atoms in total. The standard InChI is InChI=1S/C13H22O4/c1-4-16-12(15)13(11(3)17-13)9-7-5-6-8-10(2)14/h11H,4-9H2,1-3H3. The van der Waals surface area contributed by atoms with Gasteiger partial charge in [-0.05, 0) is 40.0 Å². The van der Waals surface area contributed by atoms with Gasteiger partial charge in [0.1, 0.15) is 5.78 Å². The summed E-state index contributed by atoms with van der Waals surface area (Å²) in [7, 11) is 0. The van der Waals surface area contributed by atoms with Crippen LogP contribution >= 0.6 is 0 Å². The molecule has 1 aliphatic rings. The monoisotopic (exact) mass is 242 g/mol. The van der Waals surface area contributed by atoms with E-state index in [0.717, 1.165) is 19.3 Å². The largest absolute Gasteiger partial charge is 0.464 e. The summed E-state index contributed by atoms with van der Waals surface area (Å²) in [5.41, 5.74) is -0.688. The molecule has 4 heteroatoms. The van der Waals surface area contributed by atoms with Crippen LogP contribution in [0.5, 0.6) is 0 Å². The molecule has 98 valence electrons. The molecule has 0 amide bonds. The number of rotatable bonds is 8. The van der Waals surface area contributed by atoms with Gasteiger partial charge in [0.25, 0.3) is 0 Å². The van der Waals surface area contributed by atoms with Gasteiger partial charge in [0, 0.05) is 6.42 Å². The van der Waals surface area contributed by atoms with E-state index in [2.05, 4.69) is 0 Å². The molecule has 1 heterocycles. The van der Waals surface area contributed by atoms with E-state index in [1.54, 1.807) is 13.8 Å². The summed E-state index contributed by atoms with van der Waals surface area (Å²) in [5, 5.41) is 0. The average molecular weight is 242 g/mol. The van der Waals surface area contributed by atoms with E-state index in [1.165, 1.54) is 0 Å². The van der Waals surface area contributed by atoms with Gasteiger partial charge >= 0.3 is 5.97 Å². The van der Waals surface area contributed by atoms with Gasteiger partial charge in [0.2, 0.25) is 0 Å². The van der Waals surface area contributed by atoms with E-state index >= 15 is 0 Å². The van der Waals surface area contributed by atoms with Gasteiger partial charge in [0.15, 0.2) is 5.60 Å². The SMILES string of the molecule is CCOC(=O)C1(CCCCCC(C)=O)OC1C. The van der Waals surface area contributed by atoms with E-state index in [9.17, 15) is 9.59 Å². The minimum absolute atomic E-state index is 0.0330. The summed E-state index contributed by atoms with van der Waals surface area (Å²) in [6, 6.07) is 0. The fourth-order valence-corrected chi connectivity index (χ4v) is 2.05. The molecule has 17 heavy (non-hydrogen) atoms. The molecule has 0 aromatic rings. The highest BCUT2D eigenvalue weighted by Gasteiger charge is 2.60. The van der Waals surface area contributed by atoms with Crippen molar-refractivity contribution in [2.75, 3.05) is 6.61 Å². The average Bonchev–Trinajstić information content (AvgIpc) is 2.90. The van der Waals surface area contributed by atoms with E-state index in [0.29, 0.717) is 19.4 Å². The molecule has 0 bridgehead atoms. The van der Waals surface area contributed by atoms with Crippen molar-refractivity contribution in [1.29, 1.82) is 0 Å². The molecule has 0 spiro atoms. The Morgan fingerprint density at radius 1 is 1.29 bits per heavy atom. The lowest BCUT2D eigenvalue weighted by Gasteiger charge is -2.10. The zero-order chi connectivity index (χ0) is 12.9. The summed E-state index contributed by atoms with van der Waals surface area (Å²) in [6.07, 6.45) is 4.04. The number of hydrogen-bond donors (Lipinski definition) is 0. The summed E-state index contributed by atoms with van der Waals surface area (Å²) in [4.78, 5) is 22.5. The van der Waals surface area contributed by atoms with Crippen LogP contribution in [0.4, 0.5) is 0 Å². The highest BCUT2D eigenvalue weighted by atomic mass is 16.7. The first-order valence-electron chi connectivity index (χ1n) is 6.37. The van der Waals surface area contributed by atoms with Crippen molar-refractivity contribution < 1.29 is 19.1 Å². The molecule has 0 aliphatic carbocycles. The first-order chi connectivity index (χ1) is 8.03. The Hall–Kier alpha value is -0.900. The number of esters is 1. The topological polar surface area (TPSA) is 55.9 Å². The van der Waals surface area contributed by atoms with Gasteiger partial charge < -0.3 is 14.3 Å². The van der Waals surface area contributed by atoms with Crippen LogP contribution in [0.3, 0.4) is 0 Å². The second-order valence-electron chi connectivity index (χ2n) is 4.63. The number of carbonyl (C=O) groups is 2. The van der Waals surface area contributed by atoms with E-state index < -0.39 is 5.60 Å². The molecule has 1 fully saturated rings. The Balaban J connectivity index is 2.24. The number of epoxide rings is 1.